The Morgan fingerprint density at radius 3 is 2.62 bits per heavy atom. The van der Waals surface area contributed by atoms with Crippen molar-refractivity contribution in [3.63, 3.8) is 0 Å². The van der Waals surface area contributed by atoms with Crippen molar-refractivity contribution >= 4 is 35.1 Å². The molecule has 1 amide bonds. The van der Waals surface area contributed by atoms with Gasteiger partial charge in [-0.25, -0.2) is 0 Å². The Balaban J connectivity index is 2.14. The number of hydrogen-bond acceptors (Lipinski definition) is 3. The molecule has 1 fully saturated rings. The zero-order valence-electron chi connectivity index (χ0n) is 11.8. The van der Waals surface area contributed by atoms with Crippen LogP contribution in [0.25, 0.3) is 0 Å². The number of benzene rings is 1. The normalized spacial score (nSPS) is 18.4. The van der Waals surface area contributed by atoms with Crippen molar-refractivity contribution in [2.75, 3.05) is 19.7 Å². The summed E-state index contributed by atoms with van der Waals surface area (Å²) in [6.45, 7) is 3.06. The van der Waals surface area contributed by atoms with Crippen LogP contribution < -0.4 is 0 Å². The molecule has 1 heterocycles. The predicted molar refractivity (Wildman–Crippen MR) is 81.7 cm³/mol. The Bertz CT molecular complexity index is 527. The topological polar surface area (TPSA) is 46.6 Å². The van der Waals surface area contributed by atoms with E-state index < -0.39 is 0 Å². The molecule has 4 nitrogen and oxygen atoms in total. The highest BCUT2D eigenvalue weighted by molar-refractivity contribution is 6.39. The largest absolute Gasteiger partial charge is 0.466 e. The van der Waals surface area contributed by atoms with E-state index in [1.807, 2.05) is 0 Å². The second kappa shape index (κ2) is 7.14. The Morgan fingerprint density at radius 1 is 1.33 bits per heavy atom. The quantitative estimate of drug-likeness (QED) is 0.798. The molecule has 0 aliphatic carbocycles. The van der Waals surface area contributed by atoms with E-state index in [1.165, 1.54) is 0 Å². The molecule has 1 aliphatic rings. The van der Waals surface area contributed by atoms with E-state index >= 15 is 0 Å². The summed E-state index contributed by atoms with van der Waals surface area (Å²) in [4.78, 5) is 26.0. The first-order valence-corrected chi connectivity index (χ1v) is 7.70. The maximum Gasteiger partial charge on any atom is 0.310 e. The van der Waals surface area contributed by atoms with Gasteiger partial charge in [-0.2, -0.15) is 0 Å². The van der Waals surface area contributed by atoms with Crippen molar-refractivity contribution < 1.29 is 14.3 Å². The van der Waals surface area contributed by atoms with Crippen molar-refractivity contribution in [3.05, 3.63) is 33.8 Å². The monoisotopic (exact) mass is 329 g/mol. The average Bonchev–Trinajstić information content (AvgIpc) is 2.47. The summed E-state index contributed by atoms with van der Waals surface area (Å²) in [5.41, 5.74) is 0.297. The first-order chi connectivity index (χ1) is 10.0. The smallest absolute Gasteiger partial charge is 0.310 e. The van der Waals surface area contributed by atoms with Gasteiger partial charge in [0.05, 0.1) is 28.1 Å². The molecular weight excluding hydrogens is 313 g/mol. The zero-order chi connectivity index (χ0) is 15.4. The highest BCUT2D eigenvalue weighted by Crippen LogP contribution is 2.28. The second-order valence-electron chi connectivity index (χ2n) is 4.94. The van der Waals surface area contributed by atoms with E-state index in [4.69, 9.17) is 27.9 Å². The molecule has 0 N–H and O–H groups in total. The summed E-state index contributed by atoms with van der Waals surface area (Å²) in [6.07, 6.45) is 1.50. The first-order valence-electron chi connectivity index (χ1n) is 6.94. The molecule has 0 spiro atoms. The number of halogens is 2. The number of carbonyl (C=O) groups excluding carboxylic acids is 2. The Kier molecular flexibility index (Phi) is 5.48. The van der Waals surface area contributed by atoms with Crippen molar-refractivity contribution in [1.82, 2.24) is 4.90 Å². The summed E-state index contributed by atoms with van der Waals surface area (Å²) in [7, 11) is 0. The Hall–Kier alpha value is -1.26. The highest BCUT2D eigenvalue weighted by atomic mass is 35.5. The molecule has 0 unspecified atom stereocenters. The lowest BCUT2D eigenvalue weighted by Crippen LogP contribution is -2.43. The lowest BCUT2D eigenvalue weighted by molar-refractivity contribution is -0.149. The van der Waals surface area contributed by atoms with Crippen LogP contribution in [0.2, 0.25) is 10.0 Å². The van der Waals surface area contributed by atoms with Gasteiger partial charge in [0.2, 0.25) is 0 Å². The van der Waals surface area contributed by atoms with Crippen molar-refractivity contribution in [2.45, 2.75) is 19.8 Å². The molecule has 21 heavy (non-hydrogen) atoms. The fourth-order valence-corrected chi connectivity index (χ4v) is 3.03. The number of ether oxygens (including phenoxy) is 1. The van der Waals surface area contributed by atoms with Gasteiger partial charge in [0.15, 0.2) is 0 Å². The van der Waals surface area contributed by atoms with E-state index in [2.05, 4.69) is 0 Å². The van der Waals surface area contributed by atoms with Crippen LogP contribution in [0.15, 0.2) is 18.2 Å². The summed E-state index contributed by atoms with van der Waals surface area (Å²) in [6, 6.07) is 4.96. The number of esters is 1. The summed E-state index contributed by atoms with van der Waals surface area (Å²) in [5.74, 6) is -0.760. The second-order valence-corrected chi connectivity index (χ2v) is 5.75. The Labute approximate surface area is 134 Å². The van der Waals surface area contributed by atoms with Gasteiger partial charge in [-0.3, -0.25) is 9.59 Å². The van der Waals surface area contributed by atoms with E-state index in [0.29, 0.717) is 35.3 Å². The third-order valence-electron chi connectivity index (χ3n) is 3.51. The molecule has 1 aromatic rings. The van der Waals surface area contributed by atoms with Crippen LogP contribution >= 0.6 is 23.2 Å². The van der Waals surface area contributed by atoms with E-state index in [1.54, 1.807) is 30.0 Å². The van der Waals surface area contributed by atoms with Crippen LogP contribution in [0, 0.1) is 5.92 Å². The van der Waals surface area contributed by atoms with E-state index in [0.717, 1.165) is 12.8 Å². The van der Waals surface area contributed by atoms with Gasteiger partial charge in [0.25, 0.3) is 5.91 Å². The molecule has 1 saturated heterocycles. The molecule has 0 bridgehead atoms. The maximum absolute atomic E-state index is 12.6. The maximum atomic E-state index is 12.6. The third kappa shape index (κ3) is 3.69. The summed E-state index contributed by atoms with van der Waals surface area (Å²) >= 11 is 12.1. The van der Waals surface area contributed by atoms with Crippen molar-refractivity contribution in [3.8, 4) is 0 Å². The van der Waals surface area contributed by atoms with Crippen molar-refractivity contribution in [2.24, 2.45) is 5.92 Å². The van der Waals surface area contributed by atoms with Crippen LogP contribution in [0.5, 0.6) is 0 Å². The van der Waals surface area contributed by atoms with Gasteiger partial charge in [-0.15, -0.1) is 0 Å². The minimum absolute atomic E-state index is 0.236. The molecule has 1 atom stereocenters. The number of hydrogen-bond donors (Lipinski definition) is 0. The summed E-state index contributed by atoms with van der Waals surface area (Å²) in [5, 5.41) is 0.650. The lowest BCUT2D eigenvalue weighted by atomic mass is 9.97. The van der Waals surface area contributed by atoms with Gasteiger partial charge in [-0.05, 0) is 31.9 Å². The molecule has 0 aromatic heterocycles. The molecule has 1 aromatic carbocycles. The van der Waals surface area contributed by atoms with Crippen LogP contribution in [0.4, 0.5) is 0 Å². The fourth-order valence-electron chi connectivity index (χ4n) is 2.47. The SMILES string of the molecule is CCOC(=O)[C@H]1CCCN(C(=O)c2c(Cl)cccc2Cl)C1. The van der Waals surface area contributed by atoms with Gasteiger partial charge in [-0.1, -0.05) is 29.3 Å². The molecule has 6 heteroatoms. The van der Waals surface area contributed by atoms with Gasteiger partial charge in [0, 0.05) is 13.1 Å². The van der Waals surface area contributed by atoms with Crippen molar-refractivity contribution in [1.29, 1.82) is 0 Å². The van der Waals surface area contributed by atoms with Gasteiger partial charge < -0.3 is 9.64 Å². The fraction of sp³-hybridized carbons (Fsp3) is 0.467. The first kappa shape index (κ1) is 16.1. The van der Waals surface area contributed by atoms with E-state index in [9.17, 15) is 9.59 Å². The molecular formula is C15H17Cl2NO3. The number of carbonyl (C=O) groups is 2. The summed E-state index contributed by atoms with van der Waals surface area (Å²) < 4.78 is 5.03. The third-order valence-corrected chi connectivity index (χ3v) is 4.14. The average molecular weight is 330 g/mol. The number of piperidine rings is 1. The highest BCUT2D eigenvalue weighted by Gasteiger charge is 2.31. The number of likely N-dealkylation sites (tertiary alicyclic amines) is 1. The molecule has 0 radical (unpaired) electrons. The lowest BCUT2D eigenvalue weighted by Gasteiger charge is -2.32. The van der Waals surface area contributed by atoms with Crippen LogP contribution in [-0.2, 0) is 9.53 Å². The number of rotatable bonds is 3. The molecule has 1 aliphatic heterocycles. The standard InChI is InChI=1S/C15H17Cl2NO3/c1-2-21-15(20)10-5-4-8-18(9-10)14(19)13-11(16)6-3-7-12(13)17/h3,6-7,10H,2,4-5,8-9H2,1H3/t10-/m0/s1. The number of amides is 1. The Morgan fingerprint density at radius 2 is 2.00 bits per heavy atom. The van der Waals surface area contributed by atoms with Crippen LogP contribution in [0.1, 0.15) is 30.1 Å². The minimum atomic E-state index is -0.274. The number of nitrogens with zero attached hydrogens (tertiary/aromatic N) is 1. The van der Waals surface area contributed by atoms with Crippen LogP contribution in [0.3, 0.4) is 0 Å². The molecule has 0 saturated carbocycles. The van der Waals surface area contributed by atoms with E-state index in [-0.39, 0.29) is 17.8 Å². The van der Waals surface area contributed by atoms with Gasteiger partial charge >= 0.3 is 5.97 Å². The zero-order valence-corrected chi connectivity index (χ0v) is 13.3. The predicted octanol–water partition coefficient (Wildman–Crippen LogP) is 3.41. The van der Waals surface area contributed by atoms with Crippen LogP contribution in [-0.4, -0.2) is 36.5 Å². The van der Waals surface area contributed by atoms with Gasteiger partial charge in [0.1, 0.15) is 0 Å². The molecule has 114 valence electrons. The minimum Gasteiger partial charge on any atom is -0.466 e. The molecule has 2 rings (SSSR count).